The van der Waals surface area contributed by atoms with Crippen molar-refractivity contribution < 1.29 is 4.74 Å². The average Bonchev–Trinajstić information content (AvgIpc) is 2.62. The van der Waals surface area contributed by atoms with Crippen LogP contribution in [0.5, 0.6) is 0 Å². The van der Waals surface area contributed by atoms with Crippen LogP contribution in [0, 0.1) is 0 Å². The lowest BCUT2D eigenvalue weighted by Crippen LogP contribution is -2.52. The first-order valence-corrected chi connectivity index (χ1v) is 4.13. The highest BCUT2D eigenvalue weighted by atomic mass is 16.5. The monoisotopic (exact) mass is 141 g/mol. The molecule has 2 aliphatic rings. The third-order valence-corrected chi connectivity index (χ3v) is 2.69. The van der Waals surface area contributed by atoms with Crippen LogP contribution in [-0.2, 0) is 4.74 Å². The molecule has 2 nitrogen and oxygen atoms in total. The van der Waals surface area contributed by atoms with Crippen molar-refractivity contribution in [2.75, 3.05) is 6.61 Å². The van der Waals surface area contributed by atoms with Crippen LogP contribution < -0.4 is 5.32 Å². The van der Waals surface area contributed by atoms with Gasteiger partial charge in [0.05, 0.1) is 12.2 Å². The number of nitrogens with one attached hydrogen (secondary N) is 1. The van der Waals surface area contributed by atoms with Crippen LogP contribution in [0.2, 0.25) is 0 Å². The van der Waals surface area contributed by atoms with Crippen molar-refractivity contribution in [3.63, 3.8) is 0 Å². The Bertz CT molecular complexity index is 142. The first-order chi connectivity index (χ1) is 4.73. The summed E-state index contributed by atoms with van der Waals surface area (Å²) in [7, 11) is 0. The van der Waals surface area contributed by atoms with Crippen molar-refractivity contribution in [3.8, 4) is 0 Å². The van der Waals surface area contributed by atoms with Crippen LogP contribution in [0.3, 0.4) is 0 Å². The summed E-state index contributed by atoms with van der Waals surface area (Å²) in [6.07, 6.45) is 2.52. The highest BCUT2D eigenvalue weighted by molar-refractivity contribution is 5.06. The predicted octanol–water partition coefficient (Wildman–Crippen LogP) is 0.916. The van der Waals surface area contributed by atoms with E-state index in [1.54, 1.807) is 0 Å². The topological polar surface area (TPSA) is 21.3 Å². The number of ether oxygens (including phenoxy) is 1. The summed E-state index contributed by atoms with van der Waals surface area (Å²) in [5.74, 6) is 0. The predicted molar refractivity (Wildman–Crippen MR) is 40.0 cm³/mol. The maximum Gasteiger partial charge on any atom is 0.0835 e. The molecule has 0 radical (unpaired) electrons. The van der Waals surface area contributed by atoms with Crippen LogP contribution >= 0.6 is 0 Å². The van der Waals surface area contributed by atoms with Crippen molar-refractivity contribution in [2.24, 2.45) is 0 Å². The van der Waals surface area contributed by atoms with E-state index in [0.29, 0.717) is 12.1 Å². The molecule has 58 valence electrons. The van der Waals surface area contributed by atoms with Gasteiger partial charge in [0, 0.05) is 12.1 Å². The fourth-order valence-corrected chi connectivity index (χ4v) is 1.74. The van der Waals surface area contributed by atoms with E-state index in [1.165, 1.54) is 12.8 Å². The number of hydrogen-bond donors (Lipinski definition) is 1. The van der Waals surface area contributed by atoms with E-state index in [4.69, 9.17) is 4.74 Å². The van der Waals surface area contributed by atoms with Gasteiger partial charge in [-0.3, -0.25) is 0 Å². The minimum absolute atomic E-state index is 0.256. The third kappa shape index (κ3) is 0.867. The second kappa shape index (κ2) is 1.95. The second-order valence-corrected chi connectivity index (χ2v) is 3.67. The Kier molecular flexibility index (Phi) is 1.29. The highest BCUT2D eigenvalue weighted by Gasteiger charge is 2.51. The SMILES string of the molecule is CC1COC2(CC2)C(C)N1. The molecule has 0 aromatic heterocycles. The number of hydrogen-bond acceptors (Lipinski definition) is 2. The Hall–Kier alpha value is -0.0800. The standard InChI is InChI=1S/C8H15NO/c1-6-5-10-8(3-4-8)7(2)9-6/h6-7,9H,3-5H2,1-2H3. The fourth-order valence-electron chi connectivity index (χ4n) is 1.74. The first-order valence-electron chi connectivity index (χ1n) is 4.13. The maximum atomic E-state index is 5.74. The molecule has 0 bridgehead atoms. The maximum absolute atomic E-state index is 5.74. The van der Waals surface area contributed by atoms with Gasteiger partial charge in [0.2, 0.25) is 0 Å². The minimum Gasteiger partial charge on any atom is -0.372 e. The van der Waals surface area contributed by atoms with E-state index < -0.39 is 0 Å². The Morgan fingerprint density at radius 2 is 2.10 bits per heavy atom. The molecule has 0 amide bonds. The van der Waals surface area contributed by atoms with Gasteiger partial charge >= 0.3 is 0 Å². The Labute approximate surface area is 61.9 Å². The molecule has 1 N–H and O–H groups in total. The molecule has 0 aromatic carbocycles. The first kappa shape index (κ1) is 6.62. The second-order valence-electron chi connectivity index (χ2n) is 3.67. The van der Waals surface area contributed by atoms with E-state index >= 15 is 0 Å². The summed E-state index contributed by atoms with van der Waals surface area (Å²) in [6.45, 7) is 5.29. The molecule has 0 aromatic rings. The molecule has 2 unspecified atom stereocenters. The molecule has 1 aliphatic carbocycles. The molecule has 10 heavy (non-hydrogen) atoms. The smallest absolute Gasteiger partial charge is 0.0835 e. The summed E-state index contributed by atoms with van der Waals surface area (Å²) in [5.41, 5.74) is 0.256. The third-order valence-electron chi connectivity index (χ3n) is 2.69. The Morgan fingerprint density at radius 3 is 2.60 bits per heavy atom. The van der Waals surface area contributed by atoms with Crippen LogP contribution in [-0.4, -0.2) is 24.3 Å². The van der Waals surface area contributed by atoms with Gasteiger partial charge in [0.15, 0.2) is 0 Å². The fraction of sp³-hybridized carbons (Fsp3) is 1.00. The van der Waals surface area contributed by atoms with Crippen molar-refractivity contribution in [1.29, 1.82) is 0 Å². The molecule has 2 heteroatoms. The van der Waals surface area contributed by atoms with Gasteiger partial charge in [-0.15, -0.1) is 0 Å². The van der Waals surface area contributed by atoms with Gasteiger partial charge in [-0.05, 0) is 26.7 Å². The zero-order chi connectivity index (χ0) is 7.19. The summed E-state index contributed by atoms with van der Waals surface area (Å²) < 4.78 is 5.74. The molecular formula is C8H15NO. The van der Waals surface area contributed by atoms with Gasteiger partial charge in [-0.25, -0.2) is 0 Å². The van der Waals surface area contributed by atoms with Gasteiger partial charge < -0.3 is 10.1 Å². The van der Waals surface area contributed by atoms with Crippen molar-refractivity contribution in [3.05, 3.63) is 0 Å². The Morgan fingerprint density at radius 1 is 1.40 bits per heavy atom. The van der Waals surface area contributed by atoms with Crippen molar-refractivity contribution in [2.45, 2.75) is 44.4 Å². The zero-order valence-electron chi connectivity index (χ0n) is 6.68. The van der Waals surface area contributed by atoms with Crippen LogP contribution in [0.15, 0.2) is 0 Å². The van der Waals surface area contributed by atoms with E-state index in [-0.39, 0.29) is 5.60 Å². The van der Waals surface area contributed by atoms with Crippen molar-refractivity contribution >= 4 is 0 Å². The number of morpholine rings is 1. The highest BCUT2D eigenvalue weighted by Crippen LogP contribution is 2.44. The summed E-state index contributed by atoms with van der Waals surface area (Å²) in [4.78, 5) is 0. The molecule has 1 aliphatic heterocycles. The lowest BCUT2D eigenvalue weighted by atomic mass is 10.1. The lowest BCUT2D eigenvalue weighted by Gasteiger charge is -2.34. The van der Waals surface area contributed by atoms with Crippen LogP contribution in [0.4, 0.5) is 0 Å². The molecular weight excluding hydrogens is 126 g/mol. The van der Waals surface area contributed by atoms with Gasteiger partial charge in [-0.2, -0.15) is 0 Å². The Balaban J connectivity index is 2.01. The molecule has 1 spiro atoms. The largest absolute Gasteiger partial charge is 0.372 e. The lowest BCUT2D eigenvalue weighted by molar-refractivity contribution is -0.0383. The summed E-state index contributed by atoms with van der Waals surface area (Å²) >= 11 is 0. The number of rotatable bonds is 0. The van der Waals surface area contributed by atoms with E-state index in [0.717, 1.165) is 6.61 Å². The molecule has 2 rings (SSSR count). The van der Waals surface area contributed by atoms with Crippen molar-refractivity contribution in [1.82, 2.24) is 5.32 Å². The normalized spacial score (nSPS) is 43.8. The van der Waals surface area contributed by atoms with Crippen LogP contribution in [0.1, 0.15) is 26.7 Å². The molecule has 1 saturated heterocycles. The van der Waals surface area contributed by atoms with E-state index in [1.807, 2.05) is 0 Å². The molecule has 1 saturated carbocycles. The quantitative estimate of drug-likeness (QED) is 0.541. The molecule has 1 heterocycles. The summed E-state index contributed by atoms with van der Waals surface area (Å²) in [6, 6.07) is 1.11. The molecule has 2 fully saturated rings. The van der Waals surface area contributed by atoms with Gasteiger partial charge in [0.25, 0.3) is 0 Å². The zero-order valence-corrected chi connectivity index (χ0v) is 6.68. The van der Waals surface area contributed by atoms with Crippen LogP contribution in [0.25, 0.3) is 0 Å². The van der Waals surface area contributed by atoms with E-state index in [2.05, 4.69) is 19.2 Å². The minimum atomic E-state index is 0.256. The summed E-state index contributed by atoms with van der Waals surface area (Å²) in [5, 5.41) is 3.51. The molecule has 2 atom stereocenters. The van der Waals surface area contributed by atoms with Gasteiger partial charge in [0.1, 0.15) is 0 Å². The van der Waals surface area contributed by atoms with E-state index in [9.17, 15) is 0 Å². The van der Waals surface area contributed by atoms with Gasteiger partial charge in [-0.1, -0.05) is 0 Å². The average molecular weight is 141 g/mol.